The Labute approximate surface area is 333 Å². The summed E-state index contributed by atoms with van der Waals surface area (Å²) in [6, 6.07) is 0. The van der Waals surface area contributed by atoms with Crippen molar-refractivity contribution in [2.24, 2.45) is 0 Å². The van der Waals surface area contributed by atoms with E-state index in [9.17, 15) is 14.4 Å². The maximum atomic E-state index is 12.8. The molecule has 0 saturated carbocycles. The van der Waals surface area contributed by atoms with Crippen LogP contribution < -0.4 is 5.32 Å². The van der Waals surface area contributed by atoms with Crippen LogP contribution in [0.4, 0.5) is 0 Å². The number of carbonyl (C=O) groups is 3. The molecule has 0 aromatic carbocycles. The Morgan fingerprint density at radius 1 is 0.500 bits per heavy atom. The van der Waals surface area contributed by atoms with Gasteiger partial charge < -0.3 is 24.8 Å². The number of hydrogen-bond donors (Lipinski definition) is 2. The minimum atomic E-state index is -0.173. The minimum Gasteiger partial charge on any atom is -0.466 e. The third kappa shape index (κ3) is 39.5. The smallest absolute Gasteiger partial charge is 0.305 e. The predicted octanol–water partition coefficient (Wildman–Crippen LogP) is 11.3. The number of ether oxygens (including phenoxy) is 2. The summed E-state index contributed by atoms with van der Waals surface area (Å²) >= 11 is 0. The highest BCUT2D eigenvalue weighted by Gasteiger charge is 2.14. The molecule has 316 valence electrons. The molecule has 0 unspecified atom stereocenters. The Bertz CT molecular complexity index is 832. The van der Waals surface area contributed by atoms with Crippen LogP contribution in [0.3, 0.4) is 0 Å². The fraction of sp³-hybridized carbons (Fsp3) is 0.848. The summed E-state index contributed by atoms with van der Waals surface area (Å²) in [4.78, 5) is 39.0. The van der Waals surface area contributed by atoms with Gasteiger partial charge in [0.25, 0.3) is 0 Å². The normalized spacial score (nSPS) is 11.5. The molecule has 0 atom stereocenters. The van der Waals surface area contributed by atoms with E-state index in [0.29, 0.717) is 45.3 Å². The molecular formula is C46H86N2O6. The number of nitrogens with one attached hydrogen (secondary N) is 1. The Balaban J connectivity index is 3.94. The first-order chi connectivity index (χ1) is 26.5. The average Bonchev–Trinajstić information content (AvgIpc) is 3.17. The fourth-order valence-corrected chi connectivity index (χ4v) is 6.45. The molecule has 0 saturated heterocycles. The molecule has 0 fully saturated rings. The minimum absolute atomic E-state index is 0.0351. The molecule has 0 aliphatic carbocycles. The van der Waals surface area contributed by atoms with Crippen molar-refractivity contribution in [3.8, 4) is 0 Å². The van der Waals surface area contributed by atoms with Gasteiger partial charge in [-0.05, 0) is 77.0 Å². The molecule has 0 radical (unpaired) electrons. The van der Waals surface area contributed by atoms with Crippen molar-refractivity contribution < 1.29 is 29.0 Å². The number of allylic oxidation sites excluding steroid dienone is 4. The first-order valence-corrected chi connectivity index (χ1v) is 22.8. The van der Waals surface area contributed by atoms with Gasteiger partial charge in [-0.15, -0.1) is 0 Å². The third-order valence-corrected chi connectivity index (χ3v) is 9.87. The summed E-state index contributed by atoms with van der Waals surface area (Å²) in [5.74, 6) is -0.427. The number of unbranched alkanes of at least 4 members (excludes halogenated alkanes) is 22. The summed E-state index contributed by atoms with van der Waals surface area (Å²) in [6.45, 7) is 6.45. The highest BCUT2D eigenvalue weighted by atomic mass is 16.5. The number of aliphatic hydroxyl groups is 1. The largest absolute Gasteiger partial charge is 0.466 e. The molecule has 8 nitrogen and oxygen atoms in total. The molecule has 0 heterocycles. The van der Waals surface area contributed by atoms with E-state index in [2.05, 4.69) is 43.5 Å². The topological polar surface area (TPSA) is 105 Å². The lowest BCUT2D eigenvalue weighted by Crippen LogP contribution is -2.40. The third-order valence-electron chi connectivity index (χ3n) is 9.87. The van der Waals surface area contributed by atoms with Crippen molar-refractivity contribution in [3.63, 3.8) is 0 Å². The van der Waals surface area contributed by atoms with Gasteiger partial charge in [-0.1, -0.05) is 141 Å². The van der Waals surface area contributed by atoms with Crippen molar-refractivity contribution in [1.29, 1.82) is 0 Å². The second kappa shape index (κ2) is 43.5. The average molecular weight is 763 g/mol. The van der Waals surface area contributed by atoms with Crippen LogP contribution >= 0.6 is 0 Å². The molecular weight excluding hydrogens is 677 g/mol. The highest BCUT2D eigenvalue weighted by Crippen LogP contribution is 2.12. The van der Waals surface area contributed by atoms with Crippen molar-refractivity contribution in [2.45, 2.75) is 206 Å². The van der Waals surface area contributed by atoms with E-state index in [0.717, 1.165) is 51.4 Å². The van der Waals surface area contributed by atoms with Gasteiger partial charge in [-0.3, -0.25) is 14.4 Å². The number of hydrogen-bond acceptors (Lipinski definition) is 7. The first-order valence-electron chi connectivity index (χ1n) is 22.8. The molecule has 0 spiro atoms. The van der Waals surface area contributed by atoms with Gasteiger partial charge in [0.05, 0.1) is 26.4 Å². The van der Waals surface area contributed by atoms with Gasteiger partial charge in [0.2, 0.25) is 5.91 Å². The highest BCUT2D eigenvalue weighted by molar-refractivity contribution is 5.78. The number of esters is 2. The maximum Gasteiger partial charge on any atom is 0.305 e. The number of rotatable bonds is 42. The lowest BCUT2D eigenvalue weighted by molar-refractivity contribution is -0.144. The van der Waals surface area contributed by atoms with Gasteiger partial charge in [0.1, 0.15) is 0 Å². The van der Waals surface area contributed by atoms with Crippen molar-refractivity contribution in [3.05, 3.63) is 24.3 Å². The van der Waals surface area contributed by atoms with Crippen LogP contribution in [-0.2, 0) is 23.9 Å². The molecule has 54 heavy (non-hydrogen) atoms. The number of aliphatic hydroxyl groups excluding tert-OH is 1. The van der Waals surface area contributed by atoms with E-state index in [1.54, 1.807) is 4.90 Å². The quantitative estimate of drug-likeness (QED) is 0.0362. The van der Waals surface area contributed by atoms with E-state index >= 15 is 0 Å². The van der Waals surface area contributed by atoms with Gasteiger partial charge in [-0.25, -0.2) is 0 Å². The summed E-state index contributed by atoms with van der Waals surface area (Å²) in [5.41, 5.74) is 0. The SMILES string of the molecule is CCCCCCCCC=CCCCCCCCC(=O)OCCCN(CCCOC(=O)CCCCCCCC=CCCCCCCCC)C(=O)CNCCO. The van der Waals surface area contributed by atoms with Crippen LogP contribution in [0.2, 0.25) is 0 Å². The monoisotopic (exact) mass is 763 g/mol. The lowest BCUT2D eigenvalue weighted by Gasteiger charge is -2.23. The molecule has 0 aromatic heterocycles. The molecule has 2 N–H and O–H groups in total. The Morgan fingerprint density at radius 3 is 1.22 bits per heavy atom. The maximum absolute atomic E-state index is 12.8. The molecule has 1 amide bonds. The second-order valence-electron chi connectivity index (χ2n) is 15.1. The van der Waals surface area contributed by atoms with Crippen molar-refractivity contribution in [1.82, 2.24) is 10.2 Å². The molecule has 0 bridgehead atoms. The van der Waals surface area contributed by atoms with Gasteiger partial charge in [0.15, 0.2) is 0 Å². The predicted molar refractivity (Wildman–Crippen MR) is 227 cm³/mol. The zero-order valence-electron chi connectivity index (χ0n) is 35.4. The van der Waals surface area contributed by atoms with Crippen LogP contribution in [0.25, 0.3) is 0 Å². The van der Waals surface area contributed by atoms with E-state index < -0.39 is 0 Å². The van der Waals surface area contributed by atoms with Crippen LogP contribution in [0, 0.1) is 0 Å². The van der Waals surface area contributed by atoms with Crippen molar-refractivity contribution in [2.75, 3.05) is 46.0 Å². The summed E-state index contributed by atoms with van der Waals surface area (Å²) in [7, 11) is 0. The van der Waals surface area contributed by atoms with Crippen LogP contribution in [-0.4, -0.2) is 73.9 Å². The molecule has 0 aliphatic heterocycles. The van der Waals surface area contributed by atoms with E-state index in [1.807, 2.05) is 0 Å². The Kier molecular flexibility index (Phi) is 41.8. The Hall–Kier alpha value is -2.19. The van der Waals surface area contributed by atoms with Gasteiger partial charge in [0, 0.05) is 32.5 Å². The standard InChI is InChI=1S/C46H86N2O6/c1-3-5-7-9-11-13-15-17-19-21-23-25-27-29-31-35-45(51)53-41-33-38-48(44(50)43-47-37-40-49)39-34-42-54-46(52)36-32-30-28-26-24-22-20-18-16-14-12-10-8-6-4-2/h17-20,47,49H,3-16,21-43H2,1-2H3. The van der Waals surface area contributed by atoms with Gasteiger partial charge >= 0.3 is 11.9 Å². The fourth-order valence-electron chi connectivity index (χ4n) is 6.45. The zero-order valence-corrected chi connectivity index (χ0v) is 35.4. The lowest BCUT2D eigenvalue weighted by atomic mass is 10.1. The van der Waals surface area contributed by atoms with Crippen LogP contribution in [0.15, 0.2) is 24.3 Å². The number of carbonyl (C=O) groups excluding carboxylic acids is 3. The molecule has 0 rings (SSSR count). The van der Waals surface area contributed by atoms with Crippen LogP contribution in [0.5, 0.6) is 0 Å². The van der Waals surface area contributed by atoms with E-state index in [-0.39, 0.29) is 44.2 Å². The zero-order chi connectivity index (χ0) is 39.4. The molecule has 8 heteroatoms. The molecule has 0 aliphatic rings. The summed E-state index contributed by atoms with van der Waals surface area (Å²) in [6.07, 6.45) is 43.2. The Morgan fingerprint density at radius 2 is 0.852 bits per heavy atom. The summed E-state index contributed by atoms with van der Waals surface area (Å²) < 4.78 is 10.9. The number of nitrogens with zero attached hydrogens (tertiary/aromatic N) is 1. The summed E-state index contributed by atoms with van der Waals surface area (Å²) in [5, 5.41) is 12.0. The number of amides is 1. The van der Waals surface area contributed by atoms with Crippen LogP contribution in [0.1, 0.15) is 206 Å². The van der Waals surface area contributed by atoms with E-state index in [1.165, 1.54) is 116 Å². The first kappa shape index (κ1) is 51.8. The van der Waals surface area contributed by atoms with Gasteiger partial charge in [-0.2, -0.15) is 0 Å². The van der Waals surface area contributed by atoms with E-state index in [4.69, 9.17) is 14.6 Å². The van der Waals surface area contributed by atoms with Crippen molar-refractivity contribution >= 4 is 17.8 Å². The molecule has 0 aromatic rings. The second-order valence-corrected chi connectivity index (χ2v) is 15.1.